The number of likely N-dealkylation sites (N-methyl/N-ethyl adjacent to an activating group) is 1. The largest absolute Gasteiger partial charge is 0.497 e. The second-order valence-corrected chi connectivity index (χ2v) is 8.10. The standard InChI is InChI=1S/C23H28N4O2S/c1-17(12-13-18-8-5-4-6-9-18)24-22(28)16-27(2)23-25-21(26-30-23)15-19-10-7-11-20(14-19)29-3/h4-11,14,17H,12-13,15-16H2,1-3H3,(H,24,28)/t17-/m1/s1. The number of anilines is 1. The highest BCUT2D eigenvalue weighted by atomic mass is 32.1. The second kappa shape index (κ2) is 10.7. The number of carbonyl (C=O) groups is 1. The first-order chi connectivity index (χ1) is 14.5. The molecule has 158 valence electrons. The van der Waals surface area contributed by atoms with Crippen molar-refractivity contribution < 1.29 is 9.53 Å². The Morgan fingerprint density at radius 2 is 1.93 bits per heavy atom. The molecule has 0 aliphatic heterocycles. The van der Waals surface area contributed by atoms with Crippen LogP contribution in [0.15, 0.2) is 54.6 Å². The SMILES string of the molecule is COc1cccc(Cc2nsc(N(C)CC(=O)N[C@H](C)CCc3ccccc3)n2)c1. The zero-order chi connectivity index (χ0) is 21.3. The fourth-order valence-electron chi connectivity index (χ4n) is 3.14. The molecule has 1 heterocycles. The molecule has 0 spiro atoms. The van der Waals surface area contributed by atoms with E-state index in [0.29, 0.717) is 6.42 Å². The number of carbonyl (C=O) groups excluding carboxylic acids is 1. The van der Waals surface area contributed by atoms with Gasteiger partial charge in [-0.05, 0) is 43.0 Å². The Morgan fingerprint density at radius 3 is 2.70 bits per heavy atom. The van der Waals surface area contributed by atoms with Gasteiger partial charge in [0.15, 0.2) is 0 Å². The molecule has 30 heavy (non-hydrogen) atoms. The van der Waals surface area contributed by atoms with Crippen molar-refractivity contribution in [2.75, 3.05) is 25.6 Å². The van der Waals surface area contributed by atoms with Crippen LogP contribution in [-0.4, -0.2) is 42.0 Å². The number of methoxy groups -OCH3 is 1. The molecule has 3 rings (SSSR count). The summed E-state index contributed by atoms with van der Waals surface area (Å²) in [5, 5.41) is 3.81. The van der Waals surface area contributed by atoms with Gasteiger partial charge in [-0.2, -0.15) is 4.37 Å². The van der Waals surface area contributed by atoms with Gasteiger partial charge >= 0.3 is 0 Å². The molecule has 7 heteroatoms. The number of amides is 1. The van der Waals surface area contributed by atoms with Crippen LogP contribution in [0.25, 0.3) is 0 Å². The summed E-state index contributed by atoms with van der Waals surface area (Å²) in [6.07, 6.45) is 2.48. The lowest BCUT2D eigenvalue weighted by atomic mass is 10.1. The van der Waals surface area contributed by atoms with E-state index in [0.717, 1.165) is 35.1 Å². The second-order valence-electron chi connectivity index (χ2n) is 7.37. The highest BCUT2D eigenvalue weighted by molar-refractivity contribution is 7.09. The van der Waals surface area contributed by atoms with E-state index in [4.69, 9.17) is 4.74 Å². The molecule has 0 radical (unpaired) electrons. The number of hydrogen-bond donors (Lipinski definition) is 1. The highest BCUT2D eigenvalue weighted by Gasteiger charge is 2.14. The molecule has 0 unspecified atom stereocenters. The molecule has 1 amide bonds. The maximum atomic E-state index is 12.4. The number of aryl methyl sites for hydroxylation is 1. The van der Waals surface area contributed by atoms with Crippen LogP contribution in [0.3, 0.4) is 0 Å². The summed E-state index contributed by atoms with van der Waals surface area (Å²) < 4.78 is 9.70. The first-order valence-corrected chi connectivity index (χ1v) is 10.8. The summed E-state index contributed by atoms with van der Waals surface area (Å²) in [5.74, 6) is 1.55. The van der Waals surface area contributed by atoms with Gasteiger partial charge in [0.2, 0.25) is 11.0 Å². The van der Waals surface area contributed by atoms with E-state index in [9.17, 15) is 4.79 Å². The minimum absolute atomic E-state index is 0.0115. The van der Waals surface area contributed by atoms with E-state index in [-0.39, 0.29) is 18.5 Å². The van der Waals surface area contributed by atoms with E-state index < -0.39 is 0 Å². The average molecular weight is 425 g/mol. The molecule has 0 aliphatic carbocycles. The predicted molar refractivity (Wildman–Crippen MR) is 121 cm³/mol. The molecule has 6 nitrogen and oxygen atoms in total. The molecule has 0 saturated carbocycles. The first-order valence-electron chi connectivity index (χ1n) is 10.0. The monoisotopic (exact) mass is 424 g/mol. The van der Waals surface area contributed by atoms with Crippen LogP contribution in [0.1, 0.15) is 30.3 Å². The number of ether oxygens (including phenoxy) is 1. The Kier molecular flexibility index (Phi) is 7.79. The Labute approximate surface area is 182 Å². The van der Waals surface area contributed by atoms with Crippen molar-refractivity contribution in [3.63, 3.8) is 0 Å². The number of nitrogens with zero attached hydrogens (tertiary/aromatic N) is 3. The van der Waals surface area contributed by atoms with Gasteiger partial charge in [-0.25, -0.2) is 4.98 Å². The van der Waals surface area contributed by atoms with Gasteiger partial charge in [-0.15, -0.1) is 0 Å². The number of nitrogens with one attached hydrogen (secondary N) is 1. The fourth-order valence-corrected chi connectivity index (χ4v) is 3.78. The van der Waals surface area contributed by atoms with E-state index in [1.54, 1.807) is 7.11 Å². The first kappa shape index (κ1) is 21.8. The Morgan fingerprint density at radius 1 is 1.17 bits per heavy atom. The minimum atomic E-state index is -0.0115. The van der Waals surface area contributed by atoms with Gasteiger partial charge in [-0.1, -0.05) is 42.5 Å². The summed E-state index contributed by atoms with van der Waals surface area (Å²) in [6.45, 7) is 2.29. The van der Waals surface area contributed by atoms with Crippen molar-refractivity contribution in [3.05, 3.63) is 71.5 Å². The van der Waals surface area contributed by atoms with Crippen molar-refractivity contribution in [1.82, 2.24) is 14.7 Å². The topological polar surface area (TPSA) is 67.3 Å². The molecule has 0 fully saturated rings. The molecule has 1 atom stereocenters. The molecule has 0 aliphatic rings. The van der Waals surface area contributed by atoms with E-state index in [1.165, 1.54) is 17.1 Å². The molecule has 0 bridgehead atoms. The zero-order valence-electron chi connectivity index (χ0n) is 17.7. The van der Waals surface area contributed by atoms with Crippen LogP contribution in [0, 0.1) is 0 Å². The van der Waals surface area contributed by atoms with E-state index >= 15 is 0 Å². The molecule has 2 aromatic carbocycles. The lowest BCUT2D eigenvalue weighted by Crippen LogP contribution is -2.40. The van der Waals surface area contributed by atoms with Crippen molar-refractivity contribution in [3.8, 4) is 5.75 Å². The third kappa shape index (κ3) is 6.56. The van der Waals surface area contributed by atoms with E-state index in [1.807, 2.05) is 61.3 Å². The smallest absolute Gasteiger partial charge is 0.239 e. The Balaban J connectivity index is 1.47. The fraction of sp³-hybridized carbons (Fsp3) is 0.348. The molecule has 3 aromatic rings. The summed E-state index contributed by atoms with van der Waals surface area (Å²) in [4.78, 5) is 18.8. The third-order valence-electron chi connectivity index (χ3n) is 4.78. The lowest BCUT2D eigenvalue weighted by molar-refractivity contribution is -0.120. The van der Waals surface area contributed by atoms with Crippen LogP contribution >= 0.6 is 11.5 Å². The summed E-state index contributed by atoms with van der Waals surface area (Å²) in [7, 11) is 3.52. The maximum Gasteiger partial charge on any atom is 0.239 e. The Bertz CT molecular complexity index is 945. The minimum Gasteiger partial charge on any atom is -0.497 e. The number of aromatic nitrogens is 2. The van der Waals surface area contributed by atoms with Crippen molar-refractivity contribution in [2.45, 2.75) is 32.2 Å². The number of rotatable bonds is 10. The normalized spacial score (nSPS) is 11.7. The third-order valence-corrected chi connectivity index (χ3v) is 5.65. The van der Waals surface area contributed by atoms with Gasteiger partial charge in [0.1, 0.15) is 11.6 Å². The summed E-state index contributed by atoms with van der Waals surface area (Å²) in [6, 6.07) is 18.3. The highest BCUT2D eigenvalue weighted by Crippen LogP contribution is 2.19. The van der Waals surface area contributed by atoms with Gasteiger partial charge in [0.05, 0.1) is 13.7 Å². The summed E-state index contributed by atoms with van der Waals surface area (Å²) in [5.41, 5.74) is 2.37. The van der Waals surface area contributed by atoms with Crippen LogP contribution in [-0.2, 0) is 17.6 Å². The molecular formula is C23H28N4O2S. The van der Waals surface area contributed by atoms with Crippen LogP contribution in [0.2, 0.25) is 0 Å². The van der Waals surface area contributed by atoms with Crippen LogP contribution in [0.5, 0.6) is 5.75 Å². The quantitative estimate of drug-likeness (QED) is 0.537. The van der Waals surface area contributed by atoms with Crippen LogP contribution < -0.4 is 15.0 Å². The van der Waals surface area contributed by atoms with E-state index in [2.05, 4.69) is 26.8 Å². The Hall–Kier alpha value is -2.93. The van der Waals surface area contributed by atoms with Gasteiger partial charge in [-0.3, -0.25) is 4.79 Å². The lowest BCUT2D eigenvalue weighted by Gasteiger charge is -2.18. The molecule has 1 aromatic heterocycles. The van der Waals surface area contributed by atoms with Gasteiger partial charge < -0.3 is 15.0 Å². The maximum absolute atomic E-state index is 12.4. The molecular weight excluding hydrogens is 396 g/mol. The van der Waals surface area contributed by atoms with Gasteiger partial charge in [0, 0.05) is 31.0 Å². The van der Waals surface area contributed by atoms with Gasteiger partial charge in [0.25, 0.3) is 0 Å². The van der Waals surface area contributed by atoms with Crippen LogP contribution in [0.4, 0.5) is 5.13 Å². The number of hydrogen-bond acceptors (Lipinski definition) is 6. The summed E-state index contributed by atoms with van der Waals surface area (Å²) >= 11 is 1.31. The zero-order valence-corrected chi connectivity index (χ0v) is 18.5. The van der Waals surface area contributed by atoms with Crippen molar-refractivity contribution in [2.24, 2.45) is 0 Å². The molecule has 0 saturated heterocycles. The van der Waals surface area contributed by atoms with Crippen molar-refractivity contribution >= 4 is 22.6 Å². The predicted octanol–water partition coefficient (Wildman–Crippen LogP) is 3.71. The van der Waals surface area contributed by atoms with Crippen molar-refractivity contribution in [1.29, 1.82) is 0 Å². The average Bonchev–Trinajstić information content (AvgIpc) is 3.21. The number of benzene rings is 2. The molecule has 1 N–H and O–H groups in total.